The van der Waals surface area contributed by atoms with Crippen LogP contribution in [0.2, 0.25) is 0 Å². The van der Waals surface area contributed by atoms with E-state index in [1.165, 1.54) is 16.2 Å². The lowest BCUT2D eigenvalue weighted by molar-refractivity contribution is -0.132. The van der Waals surface area contributed by atoms with E-state index in [2.05, 4.69) is 0 Å². The maximum Gasteiger partial charge on any atom is 0.264 e. The van der Waals surface area contributed by atoms with Gasteiger partial charge in [-0.2, -0.15) is 0 Å². The van der Waals surface area contributed by atoms with Crippen LogP contribution in [0.1, 0.15) is 20.1 Å². The second kappa shape index (κ2) is 9.52. The molecule has 0 unspecified atom stereocenters. The second-order valence-electron chi connectivity index (χ2n) is 6.28. The number of carbonyl (C=O) groups excluding carboxylic acids is 2. The molecule has 2 amide bonds. The summed E-state index contributed by atoms with van der Waals surface area (Å²) in [5.74, 6) is 0.498. The Morgan fingerprint density at radius 1 is 0.964 bits per heavy atom. The van der Waals surface area contributed by atoms with Crippen LogP contribution >= 0.6 is 22.7 Å². The van der Waals surface area contributed by atoms with Crippen molar-refractivity contribution in [2.24, 2.45) is 0 Å². The number of benzene rings is 1. The number of hydrogen-bond acceptors (Lipinski definition) is 5. The largest absolute Gasteiger partial charge is 0.496 e. The number of methoxy groups -OCH3 is 1. The van der Waals surface area contributed by atoms with Crippen LogP contribution in [-0.2, 0) is 17.9 Å². The van der Waals surface area contributed by atoms with Gasteiger partial charge in [0.1, 0.15) is 5.75 Å². The third kappa shape index (κ3) is 4.99. The molecular weight excluding hydrogens is 392 g/mol. The van der Waals surface area contributed by atoms with Crippen molar-refractivity contribution in [1.29, 1.82) is 0 Å². The Balaban J connectivity index is 1.75. The first-order valence-electron chi connectivity index (χ1n) is 8.79. The number of amides is 2. The molecule has 1 aromatic carbocycles. The number of rotatable bonds is 8. The van der Waals surface area contributed by atoms with Crippen molar-refractivity contribution in [3.63, 3.8) is 0 Å². The van der Waals surface area contributed by atoms with E-state index < -0.39 is 0 Å². The number of thiophene rings is 2. The van der Waals surface area contributed by atoms with Crippen molar-refractivity contribution in [1.82, 2.24) is 9.80 Å². The van der Waals surface area contributed by atoms with Gasteiger partial charge in [-0.1, -0.05) is 30.3 Å². The van der Waals surface area contributed by atoms with E-state index in [1.807, 2.05) is 53.2 Å². The van der Waals surface area contributed by atoms with Gasteiger partial charge in [0.25, 0.3) is 5.91 Å². The molecule has 0 radical (unpaired) electrons. The van der Waals surface area contributed by atoms with Gasteiger partial charge in [-0.15, -0.1) is 22.7 Å². The zero-order chi connectivity index (χ0) is 19.9. The zero-order valence-corrected chi connectivity index (χ0v) is 17.5. The summed E-state index contributed by atoms with van der Waals surface area (Å²) in [4.78, 5) is 30.5. The molecule has 2 heterocycles. The Bertz CT molecular complexity index is 908. The van der Waals surface area contributed by atoms with Crippen LogP contribution < -0.4 is 4.74 Å². The fourth-order valence-electron chi connectivity index (χ4n) is 2.83. The molecule has 3 rings (SSSR count). The summed E-state index contributed by atoms with van der Waals surface area (Å²) in [6.45, 7) is 0.939. The smallest absolute Gasteiger partial charge is 0.264 e. The predicted octanol–water partition coefficient (Wildman–Crippen LogP) is 4.12. The molecule has 0 fully saturated rings. The number of carbonyl (C=O) groups is 2. The molecule has 0 spiro atoms. The molecule has 0 aliphatic rings. The van der Waals surface area contributed by atoms with E-state index in [9.17, 15) is 9.59 Å². The van der Waals surface area contributed by atoms with E-state index in [4.69, 9.17) is 4.74 Å². The lowest BCUT2D eigenvalue weighted by Crippen LogP contribution is -2.40. The first-order chi connectivity index (χ1) is 13.6. The Labute approximate surface area is 172 Å². The number of likely N-dealkylation sites (N-methyl/N-ethyl adjacent to an activating group) is 1. The summed E-state index contributed by atoms with van der Waals surface area (Å²) in [6.07, 6.45) is 0. The summed E-state index contributed by atoms with van der Waals surface area (Å²) in [7, 11) is 3.28. The Morgan fingerprint density at radius 3 is 2.39 bits per heavy atom. The van der Waals surface area contributed by atoms with Crippen molar-refractivity contribution in [2.45, 2.75) is 13.1 Å². The highest BCUT2D eigenvalue weighted by molar-refractivity contribution is 7.12. The summed E-state index contributed by atoms with van der Waals surface area (Å²) in [5, 5.41) is 3.85. The van der Waals surface area contributed by atoms with Crippen molar-refractivity contribution >= 4 is 34.5 Å². The molecule has 0 aliphatic carbocycles. The van der Waals surface area contributed by atoms with E-state index in [0.29, 0.717) is 18.0 Å². The molecule has 2 aromatic heterocycles. The van der Waals surface area contributed by atoms with Gasteiger partial charge < -0.3 is 14.5 Å². The van der Waals surface area contributed by atoms with Gasteiger partial charge in [-0.25, -0.2) is 0 Å². The van der Waals surface area contributed by atoms with Crippen LogP contribution in [0.5, 0.6) is 5.75 Å². The lowest BCUT2D eigenvalue weighted by atomic mass is 10.2. The average Bonchev–Trinajstić information content (AvgIpc) is 3.41. The van der Waals surface area contributed by atoms with Gasteiger partial charge in [0.05, 0.1) is 25.1 Å². The highest BCUT2D eigenvalue weighted by Crippen LogP contribution is 2.22. The molecule has 0 aliphatic heterocycles. The van der Waals surface area contributed by atoms with Crippen LogP contribution in [0, 0.1) is 0 Å². The third-order valence-corrected chi connectivity index (χ3v) is 6.00. The van der Waals surface area contributed by atoms with Crippen molar-refractivity contribution in [3.8, 4) is 5.75 Å². The molecule has 7 heteroatoms. The minimum atomic E-state index is -0.142. The Morgan fingerprint density at radius 2 is 1.71 bits per heavy atom. The number of nitrogens with zero attached hydrogens (tertiary/aromatic N) is 2. The highest BCUT2D eigenvalue weighted by Gasteiger charge is 2.21. The molecule has 0 atom stereocenters. The summed E-state index contributed by atoms with van der Waals surface area (Å²) in [6, 6.07) is 15.2. The van der Waals surface area contributed by atoms with Gasteiger partial charge in [0, 0.05) is 24.0 Å². The predicted molar refractivity (Wildman–Crippen MR) is 113 cm³/mol. The normalized spacial score (nSPS) is 10.5. The molecule has 146 valence electrons. The lowest BCUT2D eigenvalue weighted by Gasteiger charge is -2.26. The fraction of sp³-hybridized carbons (Fsp3) is 0.238. The molecule has 5 nitrogen and oxygen atoms in total. The minimum absolute atomic E-state index is 0.0251. The number of para-hydroxylation sites is 1. The summed E-state index contributed by atoms with van der Waals surface area (Å²) in [5.41, 5.74) is 0.933. The van der Waals surface area contributed by atoms with Gasteiger partial charge in [0.15, 0.2) is 0 Å². The van der Waals surface area contributed by atoms with E-state index in [1.54, 1.807) is 36.5 Å². The fourth-order valence-corrected chi connectivity index (χ4v) is 4.26. The van der Waals surface area contributed by atoms with Gasteiger partial charge in [-0.3, -0.25) is 9.59 Å². The van der Waals surface area contributed by atoms with Crippen LogP contribution in [0.25, 0.3) is 0 Å². The maximum absolute atomic E-state index is 13.1. The minimum Gasteiger partial charge on any atom is -0.496 e. The second-order valence-corrected chi connectivity index (χ2v) is 8.26. The van der Waals surface area contributed by atoms with Gasteiger partial charge >= 0.3 is 0 Å². The van der Waals surface area contributed by atoms with Crippen molar-refractivity contribution in [3.05, 3.63) is 74.6 Å². The standard InChI is InChI=1S/C21H22N2O3S2/c1-22(21(25)19-10-6-12-28-19)15-20(24)23(14-17-8-5-11-27-17)13-16-7-3-4-9-18(16)26-2/h3-12H,13-15H2,1-2H3. The van der Waals surface area contributed by atoms with Gasteiger partial charge in [0.2, 0.25) is 5.91 Å². The molecular formula is C21H22N2O3S2. The highest BCUT2D eigenvalue weighted by atomic mass is 32.1. The number of ether oxygens (including phenoxy) is 1. The molecule has 0 saturated carbocycles. The topological polar surface area (TPSA) is 49.9 Å². The first-order valence-corrected chi connectivity index (χ1v) is 10.6. The van der Waals surface area contributed by atoms with Crippen LogP contribution in [0.4, 0.5) is 0 Å². The molecule has 28 heavy (non-hydrogen) atoms. The molecule has 0 N–H and O–H groups in total. The quantitative estimate of drug-likeness (QED) is 0.557. The summed E-state index contributed by atoms with van der Waals surface area (Å²) < 4.78 is 5.43. The van der Waals surface area contributed by atoms with Crippen LogP contribution in [0.15, 0.2) is 59.3 Å². The SMILES string of the molecule is COc1ccccc1CN(Cc1cccs1)C(=O)CN(C)C(=O)c1cccs1. The van der Waals surface area contributed by atoms with E-state index >= 15 is 0 Å². The Kier molecular flexibility index (Phi) is 6.84. The van der Waals surface area contributed by atoms with Crippen LogP contribution in [0.3, 0.4) is 0 Å². The van der Waals surface area contributed by atoms with Gasteiger partial charge in [-0.05, 0) is 29.0 Å². The average molecular weight is 415 g/mol. The monoisotopic (exact) mass is 414 g/mol. The molecule has 0 bridgehead atoms. The third-order valence-electron chi connectivity index (χ3n) is 4.28. The first kappa shape index (κ1) is 20.1. The Hall–Kier alpha value is -2.64. The summed E-state index contributed by atoms with van der Waals surface area (Å²) >= 11 is 2.98. The zero-order valence-electron chi connectivity index (χ0n) is 15.8. The van der Waals surface area contributed by atoms with E-state index in [-0.39, 0.29) is 18.4 Å². The van der Waals surface area contributed by atoms with Crippen molar-refractivity contribution in [2.75, 3.05) is 20.7 Å². The van der Waals surface area contributed by atoms with Crippen molar-refractivity contribution < 1.29 is 14.3 Å². The molecule has 0 saturated heterocycles. The van der Waals surface area contributed by atoms with Crippen LogP contribution in [-0.4, -0.2) is 42.3 Å². The maximum atomic E-state index is 13.1. The number of hydrogen-bond donors (Lipinski definition) is 0. The molecule has 3 aromatic rings. The van der Waals surface area contributed by atoms with E-state index in [0.717, 1.165) is 16.2 Å².